The third-order valence-corrected chi connectivity index (χ3v) is 3.66. The smallest absolute Gasteiger partial charge is 0.270 e. The third-order valence-electron chi connectivity index (χ3n) is 3.66. The molecular formula is C16H20N2O2. The van der Waals surface area contributed by atoms with Gasteiger partial charge in [0.2, 0.25) is 0 Å². The molecule has 0 fully saturated rings. The number of hydrogen-bond acceptors (Lipinski definition) is 2. The van der Waals surface area contributed by atoms with E-state index >= 15 is 0 Å². The highest BCUT2D eigenvalue weighted by molar-refractivity contribution is 5.92. The highest BCUT2D eigenvalue weighted by Crippen LogP contribution is 2.23. The van der Waals surface area contributed by atoms with E-state index in [0.29, 0.717) is 5.69 Å². The SMILES string of the molecule is COc1ccc(C(C)N(C)C(=O)c2cccn2C)cc1. The second-order valence-electron chi connectivity index (χ2n) is 4.87. The van der Waals surface area contributed by atoms with Gasteiger partial charge in [0.15, 0.2) is 0 Å². The first-order valence-electron chi connectivity index (χ1n) is 6.57. The Morgan fingerprint density at radius 2 is 1.90 bits per heavy atom. The molecule has 0 aliphatic rings. The van der Waals surface area contributed by atoms with Crippen molar-refractivity contribution in [2.45, 2.75) is 13.0 Å². The second kappa shape index (κ2) is 5.82. The number of aromatic nitrogens is 1. The number of nitrogens with zero attached hydrogens (tertiary/aromatic N) is 2. The van der Waals surface area contributed by atoms with E-state index in [1.54, 1.807) is 12.0 Å². The van der Waals surface area contributed by atoms with Gasteiger partial charge in [-0.15, -0.1) is 0 Å². The molecular weight excluding hydrogens is 252 g/mol. The summed E-state index contributed by atoms with van der Waals surface area (Å²) in [7, 11) is 5.34. The lowest BCUT2D eigenvalue weighted by Gasteiger charge is -2.25. The summed E-state index contributed by atoms with van der Waals surface area (Å²) in [6.45, 7) is 2.02. The van der Waals surface area contributed by atoms with E-state index in [4.69, 9.17) is 4.74 Å². The van der Waals surface area contributed by atoms with Gasteiger partial charge in [0.25, 0.3) is 5.91 Å². The molecule has 2 rings (SSSR count). The van der Waals surface area contributed by atoms with Crippen LogP contribution in [0.1, 0.15) is 29.0 Å². The van der Waals surface area contributed by atoms with Crippen molar-refractivity contribution in [1.29, 1.82) is 0 Å². The maximum Gasteiger partial charge on any atom is 0.270 e. The predicted molar refractivity (Wildman–Crippen MR) is 78.9 cm³/mol. The molecule has 20 heavy (non-hydrogen) atoms. The van der Waals surface area contributed by atoms with Gasteiger partial charge in [0.05, 0.1) is 13.2 Å². The van der Waals surface area contributed by atoms with E-state index in [-0.39, 0.29) is 11.9 Å². The molecule has 0 spiro atoms. The molecule has 0 aliphatic carbocycles. The molecule has 1 amide bonds. The van der Waals surface area contributed by atoms with E-state index in [1.807, 2.05) is 68.2 Å². The average molecular weight is 272 g/mol. The Morgan fingerprint density at radius 3 is 2.40 bits per heavy atom. The summed E-state index contributed by atoms with van der Waals surface area (Å²) < 4.78 is 6.98. The van der Waals surface area contributed by atoms with Gasteiger partial charge in [-0.25, -0.2) is 0 Å². The Hall–Kier alpha value is -2.23. The van der Waals surface area contributed by atoms with Crippen LogP contribution in [0.15, 0.2) is 42.6 Å². The van der Waals surface area contributed by atoms with Crippen LogP contribution in [-0.4, -0.2) is 29.5 Å². The van der Waals surface area contributed by atoms with Gasteiger partial charge in [-0.05, 0) is 36.8 Å². The third kappa shape index (κ3) is 2.69. The minimum absolute atomic E-state index is 0.00306. The zero-order valence-electron chi connectivity index (χ0n) is 12.3. The lowest BCUT2D eigenvalue weighted by Crippen LogP contribution is -2.30. The number of carbonyl (C=O) groups is 1. The van der Waals surface area contributed by atoms with Crippen LogP contribution in [0.25, 0.3) is 0 Å². The Bertz CT molecular complexity index is 587. The van der Waals surface area contributed by atoms with Crippen LogP contribution in [-0.2, 0) is 7.05 Å². The van der Waals surface area contributed by atoms with Crippen molar-refractivity contribution in [3.05, 3.63) is 53.9 Å². The van der Waals surface area contributed by atoms with Crippen molar-refractivity contribution in [2.75, 3.05) is 14.2 Å². The number of rotatable bonds is 4. The quantitative estimate of drug-likeness (QED) is 0.857. The Morgan fingerprint density at radius 1 is 1.25 bits per heavy atom. The van der Waals surface area contributed by atoms with Crippen molar-refractivity contribution in [2.24, 2.45) is 7.05 Å². The first-order valence-corrected chi connectivity index (χ1v) is 6.57. The van der Waals surface area contributed by atoms with Crippen molar-refractivity contribution < 1.29 is 9.53 Å². The standard InChI is InChI=1S/C16H20N2O2/c1-12(13-7-9-14(20-4)10-8-13)18(3)16(19)15-6-5-11-17(15)2/h5-12H,1-4H3. The molecule has 0 saturated carbocycles. The fourth-order valence-corrected chi connectivity index (χ4v) is 2.15. The highest BCUT2D eigenvalue weighted by Gasteiger charge is 2.20. The molecule has 0 radical (unpaired) electrons. The average Bonchev–Trinajstić information content (AvgIpc) is 2.91. The molecule has 1 heterocycles. The van der Waals surface area contributed by atoms with Gasteiger partial charge in [-0.3, -0.25) is 4.79 Å². The summed E-state index contributed by atoms with van der Waals surface area (Å²) in [6, 6.07) is 11.5. The minimum atomic E-state index is 0.00306. The monoisotopic (exact) mass is 272 g/mol. The molecule has 2 aromatic rings. The van der Waals surface area contributed by atoms with Crippen LogP contribution in [0.4, 0.5) is 0 Å². The zero-order chi connectivity index (χ0) is 14.7. The largest absolute Gasteiger partial charge is 0.497 e. The molecule has 0 N–H and O–H groups in total. The minimum Gasteiger partial charge on any atom is -0.497 e. The predicted octanol–water partition coefficient (Wildman–Crippen LogP) is 2.87. The van der Waals surface area contributed by atoms with Gasteiger partial charge < -0.3 is 14.2 Å². The van der Waals surface area contributed by atoms with Gasteiger partial charge in [-0.1, -0.05) is 12.1 Å². The van der Waals surface area contributed by atoms with Gasteiger partial charge in [0, 0.05) is 20.3 Å². The molecule has 1 aromatic carbocycles. The Kier molecular flexibility index (Phi) is 4.13. The van der Waals surface area contributed by atoms with Crippen LogP contribution in [0.3, 0.4) is 0 Å². The number of aryl methyl sites for hydroxylation is 1. The first-order chi connectivity index (χ1) is 9.54. The number of amides is 1. The second-order valence-corrected chi connectivity index (χ2v) is 4.87. The van der Waals surface area contributed by atoms with Gasteiger partial charge >= 0.3 is 0 Å². The van der Waals surface area contributed by atoms with E-state index in [0.717, 1.165) is 11.3 Å². The number of benzene rings is 1. The summed E-state index contributed by atoms with van der Waals surface area (Å²) in [5.41, 5.74) is 1.77. The van der Waals surface area contributed by atoms with E-state index in [2.05, 4.69) is 0 Å². The number of methoxy groups -OCH3 is 1. The summed E-state index contributed by atoms with van der Waals surface area (Å²) in [4.78, 5) is 14.2. The Balaban J connectivity index is 2.17. The first kappa shape index (κ1) is 14.2. The highest BCUT2D eigenvalue weighted by atomic mass is 16.5. The lowest BCUT2D eigenvalue weighted by molar-refractivity contribution is 0.0733. The maximum absolute atomic E-state index is 12.4. The van der Waals surface area contributed by atoms with E-state index in [9.17, 15) is 4.79 Å². The number of carbonyl (C=O) groups excluding carboxylic acids is 1. The molecule has 0 bridgehead atoms. The van der Waals surface area contributed by atoms with Gasteiger partial charge in [0.1, 0.15) is 11.4 Å². The van der Waals surface area contributed by atoms with E-state index in [1.165, 1.54) is 0 Å². The van der Waals surface area contributed by atoms with Crippen LogP contribution in [0.2, 0.25) is 0 Å². The summed E-state index contributed by atoms with van der Waals surface area (Å²) in [6.07, 6.45) is 1.87. The molecule has 106 valence electrons. The number of ether oxygens (including phenoxy) is 1. The van der Waals surface area contributed by atoms with Crippen LogP contribution in [0, 0.1) is 0 Å². The van der Waals surface area contributed by atoms with Crippen LogP contribution >= 0.6 is 0 Å². The van der Waals surface area contributed by atoms with Crippen molar-refractivity contribution >= 4 is 5.91 Å². The molecule has 1 unspecified atom stereocenters. The summed E-state index contributed by atoms with van der Waals surface area (Å²) in [5.74, 6) is 0.832. The fourth-order valence-electron chi connectivity index (χ4n) is 2.15. The normalized spacial score (nSPS) is 12.0. The zero-order valence-corrected chi connectivity index (χ0v) is 12.3. The Labute approximate surface area is 119 Å². The van der Waals surface area contributed by atoms with E-state index < -0.39 is 0 Å². The molecule has 1 aromatic heterocycles. The molecule has 4 nitrogen and oxygen atoms in total. The topological polar surface area (TPSA) is 34.5 Å². The van der Waals surface area contributed by atoms with Crippen molar-refractivity contribution in [1.82, 2.24) is 9.47 Å². The molecule has 0 saturated heterocycles. The number of hydrogen-bond donors (Lipinski definition) is 0. The molecule has 4 heteroatoms. The fraction of sp³-hybridized carbons (Fsp3) is 0.312. The maximum atomic E-state index is 12.4. The van der Waals surface area contributed by atoms with Crippen LogP contribution < -0.4 is 4.74 Å². The van der Waals surface area contributed by atoms with Gasteiger partial charge in [-0.2, -0.15) is 0 Å². The summed E-state index contributed by atoms with van der Waals surface area (Å²) in [5, 5.41) is 0. The van der Waals surface area contributed by atoms with Crippen molar-refractivity contribution in [3.63, 3.8) is 0 Å². The van der Waals surface area contributed by atoms with Crippen molar-refractivity contribution in [3.8, 4) is 5.75 Å². The lowest BCUT2D eigenvalue weighted by atomic mass is 10.1. The molecule has 0 aliphatic heterocycles. The summed E-state index contributed by atoms with van der Waals surface area (Å²) >= 11 is 0. The molecule has 1 atom stereocenters. The van der Waals surface area contributed by atoms with Crippen LogP contribution in [0.5, 0.6) is 5.75 Å².